The monoisotopic (exact) mass is 194 g/mol. The van der Waals surface area contributed by atoms with E-state index in [4.69, 9.17) is 0 Å². The van der Waals surface area contributed by atoms with Gasteiger partial charge in [-0.3, -0.25) is 19.0 Å². The van der Waals surface area contributed by atoms with Crippen molar-refractivity contribution in [2.24, 2.45) is 21.1 Å². The van der Waals surface area contributed by atoms with Crippen molar-refractivity contribution in [2.45, 2.75) is 0 Å². The lowest BCUT2D eigenvalue weighted by Gasteiger charge is -2.05. The number of nitrogens with zero attached hydrogens (tertiary/aromatic N) is 4. The van der Waals surface area contributed by atoms with Gasteiger partial charge in [0.2, 0.25) is 0 Å². The molecule has 6 nitrogen and oxygen atoms in total. The Balaban J connectivity index is 3.22. The zero-order valence-corrected chi connectivity index (χ0v) is 8.18. The lowest BCUT2D eigenvalue weighted by Crippen LogP contribution is -2.35. The van der Waals surface area contributed by atoms with Crippen molar-refractivity contribution in [3.63, 3.8) is 0 Å². The highest BCUT2D eigenvalue weighted by Gasteiger charge is 2.11. The molecular formula is C8H10N4O2. The average molecular weight is 194 g/mol. The second-order valence-corrected chi connectivity index (χ2v) is 3.19. The lowest BCUT2D eigenvalue weighted by molar-refractivity contribution is 0.540. The second-order valence-electron chi connectivity index (χ2n) is 3.19. The van der Waals surface area contributed by atoms with E-state index in [9.17, 15) is 9.59 Å². The maximum atomic E-state index is 11.7. The van der Waals surface area contributed by atoms with E-state index in [-0.39, 0.29) is 11.1 Å². The normalized spacial score (nSPS) is 11.1. The van der Waals surface area contributed by atoms with E-state index < -0.39 is 0 Å². The molecule has 0 unspecified atom stereocenters. The zero-order chi connectivity index (χ0) is 10.5. The van der Waals surface area contributed by atoms with E-state index in [0.29, 0.717) is 10.9 Å². The summed E-state index contributed by atoms with van der Waals surface area (Å²) in [5.74, 6) is 0. The number of fused-ring (bicyclic) bond motifs is 1. The molecule has 0 saturated carbocycles. The summed E-state index contributed by atoms with van der Waals surface area (Å²) in [5, 5.41) is 4.25. The van der Waals surface area contributed by atoms with Gasteiger partial charge in [0.15, 0.2) is 0 Å². The molecule has 6 heteroatoms. The number of aromatic nitrogens is 4. The Bertz CT molecular complexity index is 617. The van der Waals surface area contributed by atoms with Crippen LogP contribution in [0.3, 0.4) is 0 Å². The van der Waals surface area contributed by atoms with Crippen molar-refractivity contribution >= 4 is 10.9 Å². The Labute approximate surface area is 79.0 Å². The van der Waals surface area contributed by atoms with E-state index in [1.54, 1.807) is 21.1 Å². The van der Waals surface area contributed by atoms with Crippen molar-refractivity contribution in [3.05, 3.63) is 26.9 Å². The van der Waals surface area contributed by atoms with Crippen LogP contribution in [0.4, 0.5) is 0 Å². The SMILES string of the molecule is Cn1ncc2c(=O)n(C)n(C)c(=O)c21. The van der Waals surface area contributed by atoms with Crippen LogP contribution in [0, 0.1) is 0 Å². The molecule has 0 fully saturated rings. The third kappa shape index (κ3) is 0.876. The van der Waals surface area contributed by atoms with Gasteiger partial charge in [0.25, 0.3) is 11.1 Å². The molecule has 2 aromatic heterocycles. The molecule has 2 heterocycles. The van der Waals surface area contributed by atoms with Gasteiger partial charge < -0.3 is 0 Å². The smallest absolute Gasteiger partial charge is 0.267 e. The van der Waals surface area contributed by atoms with Gasteiger partial charge in [-0.05, 0) is 0 Å². The molecule has 0 saturated heterocycles. The first kappa shape index (κ1) is 8.74. The van der Waals surface area contributed by atoms with Crippen LogP contribution >= 0.6 is 0 Å². The standard InChI is InChI=1S/C8H10N4O2/c1-10-6-5(4-9-10)7(13)11(2)12(3)8(6)14/h4H,1-3H3. The maximum absolute atomic E-state index is 11.7. The van der Waals surface area contributed by atoms with Gasteiger partial charge in [0.05, 0.1) is 11.6 Å². The first-order chi connectivity index (χ1) is 6.54. The largest absolute Gasteiger partial charge is 0.291 e. The Morgan fingerprint density at radius 2 is 1.64 bits per heavy atom. The number of rotatable bonds is 0. The lowest BCUT2D eigenvalue weighted by atomic mass is 10.4. The number of hydrogen-bond donors (Lipinski definition) is 0. The predicted octanol–water partition coefficient (Wildman–Crippen LogP) is -1.03. The molecule has 14 heavy (non-hydrogen) atoms. The van der Waals surface area contributed by atoms with E-state index in [1.165, 1.54) is 20.2 Å². The van der Waals surface area contributed by atoms with Crippen molar-refractivity contribution < 1.29 is 0 Å². The molecule has 2 aromatic rings. The van der Waals surface area contributed by atoms with Gasteiger partial charge in [0.1, 0.15) is 5.52 Å². The van der Waals surface area contributed by atoms with Gasteiger partial charge in [0, 0.05) is 21.1 Å². The van der Waals surface area contributed by atoms with Crippen LogP contribution in [0.25, 0.3) is 10.9 Å². The van der Waals surface area contributed by atoms with Crippen LogP contribution in [0.1, 0.15) is 0 Å². The summed E-state index contributed by atoms with van der Waals surface area (Å²) in [5.41, 5.74) is -0.0899. The molecule has 0 aliphatic rings. The molecule has 0 atom stereocenters. The van der Waals surface area contributed by atoms with Crippen LogP contribution in [-0.4, -0.2) is 19.1 Å². The second kappa shape index (κ2) is 2.57. The van der Waals surface area contributed by atoms with Gasteiger partial charge in [-0.2, -0.15) is 5.10 Å². The Kier molecular flexibility index (Phi) is 1.60. The van der Waals surface area contributed by atoms with E-state index in [1.807, 2.05) is 0 Å². The van der Waals surface area contributed by atoms with Crippen LogP contribution < -0.4 is 11.1 Å². The number of hydrogen-bond acceptors (Lipinski definition) is 3. The van der Waals surface area contributed by atoms with Crippen molar-refractivity contribution in [1.82, 2.24) is 19.1 Å². The van der Waals surface area contributed by atoms with Crippen molar-refractivity contribution in [1.29, 1.82) is 0 Å². The van der Waals surface area contributed by atoms with Crippen LogP contribution in [0.5, 0.6) is 0 Å². The first-order valence-electron chi connectivity index (χ1n) is 4.12. The summed E-state index contributed by atoms with van der Waals surface area (Å²) in [6.45, 7) is 0. The highest BCUT2D eigenvalue weighted by molar-refractivity contribution is 5.76. The van der Waals surface area contributed by atoms with E-state index >= 15 is 0 Å². The summed E-state index contributed by atoms with van der Waals surface area (Å²) in [4.78, 5) is 23.4. The minimum atomic E-state index is -0.220. The predicted molar refractivity (Wildman–Crippen MR) is 51.2 cm³/mol. The molecule has 0 spiro atoms. The minimum absolute atomic E-state index is 0.213. The first-order valence-corrected chi connectivity index (χ1v) is 4.12. The highest BCUT2D eigenvalue weighted by atomic mass is 16.2. The van der Waals surface area contributed by atoms with Crippen molar-refractivity contribution in [2.75, 3.05) is 0 Å². The summed E-state index contributed by atoms with van der Waals surface area (Å²) in [6.07, 6.45) is 1.42. The molecule has 2 rings (SSSR count). The topological polar surface area (TPSA) is 61.8 Å². The van der Waals surface area contributed by atoms with Gasteiger partial charge in [-0.25, -0.2) is 4.68 Å². The fraction of sp³-hybridized carbons (Fsp3) is 0.375. The van der Waals surface area contributed by atoms with Crippen molar-refractivity contribution in [3.8, 4) is 0 Å². The molecule has 0 N–H and O–H groups in total. The number of aryl methyl sites for hydroxylation is 1. The zero-order valence-electron chi connectivity index (χ0n) is 8.18. The molecule has 0 aliphatic carbocycles. The molecule has 0 aliphatic heterocycles. The van der Waals surface area contributed by atoms with Gasteiger partial charge in [-0.1, -0.05) is 0 Å². The third-order valence-electron chi connectivity index (χ3n) is 2.41. The van der Waals surface area contributed by atoms with E-state index in [0.717, 1.165) is 0 Å². The fourth-order valence-corrected chi connectivity index (χ4v) is 1.45. The average Bonchev–Trinajstić information content (AvgIpc) is 2.54. The summed E-state index contributed by atoms with van der Waals surface area (Å²) in [7, 11) is 4.75. The Hall–Kier alpha value is -1.85. The summed E-state index contributed by atoms with van der Waals surface area (Å²) in [6, 6.07) is 0. The van der Waals surface area contributed by atoms with Crippen LogP contribution in [0.15, 0.2) is 15.8 Å². The molecule has 0 radical (unpaired) electrons. The Morgan fingerprint density at radius 3 is 2.29 bits per heavy atom. The molecule has 0 amide bonds. The van der Waals surface area contributed by atoms with Crippen LogP contribution in [0.2, 0.25) is 0 Å². The molecule has 0 aromatic carbocycles. The minimum Gasteiger partial charge on any atom is -0.267 e. The molecular weight excluding hydrogens is 184 g/mol. The van der Waals surface area contributed by atoms with E-state index in [2.05, 4.69) is 5.10 Å². The quantitative estimate of drug-likeness (QED) is 0.538. The summed E-state index contributed by atoms with van der Waals surface area (Å²) < 4.78 is 3.96. The Morgan fingerprint density at radius 1 is 1.07 bits per heavy atom. The third-order valence-corrected chi connectivity index (χ3v) is 2.41. The molecule has 74 valence electrons. The van der Waals surface area contributed by atoms with Gasteiger partial charge >= 0.3 is 0 Å². The molecule has 0 bridgehead atoms. The summed E-state index contributed by atoms with van der Waals surface area (Å²) >= 11 is 0. The highest BCUT2D eigenvalue weighted by Crippen LogP contribution is 2.00. The maximum Gasteiger partial charge on any atom is 0.291 e. The van der Waals surface area contributed by atoms with Crippen LogP contribution in [-0.2, 0) is 21.1 Å². The fourth-order valence-electron chi connectivity index (χ4n) is 1.45. The van der Waals surface area contributed by atoms with Gasteiger partial charge in [-0.15, -0.1) is 0 Å².